The first kappa shape index (κ1) is 24.4. The Morgan fingerprint density at radius 3 is 2.29 bits per heavy atom. The largest absolute Gasteiger partial charge is 0.504 e. The van der Waals surface area contributed by atoms with Crippen molar-refractivity contribution in [3.05, 3.63) is 34.5 Å². The molecule has 1 fully saturated rings. The van der Waals surface area contributed by atoms with Crippen LogP contribution in [0.5, 0.6) is 34.5 Å². The van der Waals surface area contributed by atoms with Crippen LogP contribution in [0.2, 0.25) is 0 Å². The normalized spacial score (nSPS) is 24.4. The van der Waals surface area contributed by atoms with E-state index in [1.165, 1.54) is 25.3 Å². The van der Waals surface area contributed by atoms with Crippen LogP contribution < -0.4 is 14.9 Å². The quantitative estimate of drug-likeness (QED) is 0.209. The lowest BCUT2D eigenvalue weighted by molar-refractivity contribution is -0.277. The summed E-state index contributed by atoms with van der Waals surface area (Å²) in [5.41, 5.74) is -1.33. The number of methoxy groups -OCH3 is 1. The van der Waals surface area contributed by atoms with Crippen LogP contribution in [-0.2, 0) is 4.74 Å². The summed E-state index contributed by atoms with van der Waals surface area (Å²) >= 11 is 0. The number of rotatable bonds is 5. The maximum absolute atomic E-state index is 12.8. The van der Waals surface area contributed by atoms with Gasteiger partial charge in [0.05, 0.1) is 13.7 Å². The molecule has 188 valence electrons. The Balaban J connectivity index is 1.82. The molecule has 2 aromatic carbocycles. The molecule has 1 aliphatic rings. The Hall–Kier alpha value is -3.75. The highest BCUT2D eigenvalue weighted by Gasteiger charge is 2.45. The molecule has 1 aromatic heterocycles. The zero-order valence-electron chi connectivity index (χ0n) is 18.0. The van der Waals surface area contributed by atoms with E-state index in [0.29, 0.717) is 0 Å². The van der Waals surface area contributed by atoms with Crippen molar-refractivity contribution in [1.82, 2.24) is 0 Å². The van der Waals surface area contributed by atoms with Gasteiger partial charge in [0, 0.05) is 11.6 Å². The third kappa shape index (κ3) is 4.05. The van der Waals surface area contributed by atoms with E-state index in [1.54, 1.807) is 0 Å². The summed E-state index contributed by atoms with van der Waals surface area (Å²) in [6.07, 6.45) is -8.26. The van der Waals surface area contributed by atoms with Gasteiger partial charge in [-0.2, -0.15) is 0 Å². The Morgan fingerprint density at radius 2 is 1.63 bits per heavy atom. The highest BCUT2D eigenvalue weighted by Crippen LogP contribution is 2.44. The van der Waals surface area contributed by atoms with Crippen molar-refractivity contribution in [3.63, 3.8) is 0 Å². The Morgan fingerprint density at radius 1 is 0.914 bits per heavy atom. The van der Waals surface area contributed by atoms with Crippen molar-refractivity contribution in [1.29, 1.82) is 0 Å². The van der Waals surface area contributed by atoms with E-state index in [4.69, 9.17) is 18.6 Å². The minimum absolute atomic E-state index is 0.0184. The van der Waals surface area contributed by atoms with E-state index in [-0.39, 0.29) is 28.4 Å². The molecule has 1 saturated heterocycles. The van der Waals surface area contributed by atoms with E-state index < -0.39 is 71.1 Å². The second-order valence-electron chi connectivity index (χ2n) is 7.76. The average Bonchev–Trinajstić information content (AvgIpc) is 2.84. The predicted octanol–water partition coefficient (Wildman–Crippen LogP) is -0.530. The number of benzene rings is 2. The Bertz CT molecular complexity index is 1320. The van der Waals surface area contributed by atoms with E-state index in [9.17, 15) is 45.6 Å². The molecule has 35 heavy (non-hydrogen) atoms. The predicted molar refractivity (Wildman–Crippen MR) is 116 cm³/mol. The molecule has 0 saturated carbocycles. The zero-order valence-corrected chi connectivity index (χ0v) is 18.0. The lowest BCUT2D eigenvalue weighted by Gasteiger charge is -2.39. The molecular formula is C22H22O13. The number of phenols is 3. The van der Waals surface area contributed by atoms with Crippen molar-refractivity contribution in [3.8, 4) is 45.8 Å². The minimum Gasteiger partial charge on any atom is -0.504 e. The van der Waals surface area contributed by atoms with Gasteiger partial charge in [-0.3, -0.25) is 4.79 Å². The van der Waals surface area contributed by atoms with Crippen LogP contribution in [-0.4, -0.2) is 85.3 Å². The maximum atomic E-state index is 12.8. The van der Waals surface area contributed by atoms with Gasteiger partial charge in [0.15, 0.2) is 28.8 Å². The van der Waals surface area contributed by atoms with Crippen molar-refractivity contribution in [2.75, 3.05) is 13.7 Å². The SMILES string of the molecule is COc1cc(-c2oc3cc(O[C@@H]4O[C@H](CO)[C@@H](O)[C@H](O)[C@H]4O)c(O)c(O)c3c(=O)c2O)ccc1O. The molecule has 0 aliphatic carbocycles. The van der Waals surface area contributed by atoms with Crippen LogP contribution in [0.15, 0.2) is 33.5 Å². The fraction of sp³-hybridized carbons (Fsp3) is 0.318. The smallest absolute Gasteiger partial charge is 0.238 e. The summed E-state index contributed by atoms with van der Waals surface area (Å²) in [6, 6.07) is 4.81. The van der Waals surface area contributed by atoms with E-state index in [2.05, 4.69) is 0 Å². The van der Waals surface area contributed by atoms with Gasteiger partial charge in [0.25, 0.3) is 0 Å². The molecule has 4 rings (SSSR count). The first-order chi connectivity index (χ1) is 16.6. The summed E-state index contributed by atoms with van der Waals surface area (Å²) in [4.78, 5) is 12.8. The molecular weight excluding hydrogens is 472 g/mol. The fourth-order valence-electron chi connectivity index (χ4n) is 3.69. The van der Waals surface area contributed by atoms with Crippen LogP contribution in [0.4, 0.5) is 0 Å². The van der Waals surface area contributed by atoms with Crippen LogP contribution in [0.25, 0.3) is 22.3 Å². The van der Waals surface area contributed by atoms with E-state index in [1.807, 2.05) is 0 Å². The standard InChI is InChI=1S/C22H22O13/c1-32-9-4-7(2-3-8(9)24)21-19(30)17(28)13-10(33-21)5-11(14(25)16(13)27)34-22-20(31)18(29)15(26)12(6-23)35-22/h2-5,12,15,18,20,22-27,29-31H,6H2,1H3/t12-,15-,18+,20-,22-/m1/s1. The zero-order chi connectivity index (χ0) is 25.6. The number of ether oxygens (including phenoxy) is 3. The Kier molecular flexibility index (Phi) is 6.36. The monoisotopic (exact) mass is 494 g/mol. The number of fused-ring (bicyclic) bond motifs is 1. The fourth-order valence-corrected chi connectivity index (χ4v) is 3.69. The van der Waals surface area contributed by atoms with Crippen LogP contribution in [0.1, 0.15) is 0 Å². The molecule has 1 aliphatic heterocycles. The van der Waals surface area contributed by atoms with Crippen molar-refractivity contribution in [2.45, 2.75) is 30.7 Å². The summed E-state index contributed by atoms with van der Waals surface area (Å²) in [6.45, 7) is -0.729. The van der Waals surface area contributed by atoms with Crippen LogP contribution in [0.3, 0.4) is 0 Å². The van der Waals surface area contributed by atoms with Gasteiger partial charge in [-0.05, 0) is 18.2 Å². The van der Waals surface area contributed by atoms with Gasteiger partial charge >= 0.3 is 0 Å². The topological polar surface area (TPSA) is 220 Å². The number of hydrogen-bond donors (Lipinski definition) is 8. The maximum Gasteiger partial charge on any atom is 0.238 e. The van der Waals surface area contributed by atoms with Crippen LogP contribution >= 0.6 is 0 Å². The molecule has 0 bridgehead atoms. The summed E-state index contributed by atoms with van der Waals surface area (Å²) in [5, 5.41) is 79.7. The van der Waals surface area contributed by atoms with Gasteiger partial charge in [-0.1, -0.05) is 0 Å². The molecule has 0 spiro atoms. The minimum atomic E-state index is -1.82. The van der Waals surface area contributed by atoms with Gasteiger partial charge in [-0.15, -0.1) is 0 Å². The number of phenolic OH excluding ortho intramolecular Hbond substituents is 3. The molecule has 0 amide bonds. The molecule has 2 heterocycles. The Labute approximate surface area is 195 Å². The molecule has 8 N–H and O–H groups in total. The highest BCUT2D eigenvalue weighted by molar-refractivity contribution is 5.91. The number of aliphatic hydroxyl groups excluding tert-OH is 4. The third-order valence-corrected chi connectivity index (χ3v) is 5.61. The molecule has 3 aromatic rings. The summed E-state index contributed by atoms with van der Waals surface area (Å²) in [7, 11) is 1.29. The summed E-state index contributed by atoms with van der Waals surface area (Å²) in [5.74, 6) is -3.99. The van der Waals surface area contributed by atoms with Gasteiger partial charge in [-0.25, -0.2) is 0 Å². The van der Waals surface area contributed by atoms with Crippen LogP contribution in [0, 0.1) is 0 Å². The second-order valence-corrected chi connectivity index (χ2v) is 7.76. The molecule has 5 atom stereocenters. The number of aliphatic hydroxyl groups is 4. The molecule has 0 unspecified atom stereocenters. The summed E-state index contributed by atoms with van der Waals surface area (Å²) < 4.78 is 21.2. The van der Waals surface area contributed by atoms with Crippen molar-refractivity contribution < 1.29 is 59.5 Å². The average molecular weight is 494 g/mol. The van der Waals surface area contributed by atoms with Gasteiger partial charge < -0.3 is 59.5 Å². The van der Waals surface area contributed by atoms with Crippen molar-refractivity contribution >= 4 is 11.0 Å². The first-order valence-electron chi connectivity index (χ1n) is 10.2. The number of aromatic hydroxyl groups is 4. The van der Waals surface area contributed by atoms with Gasteiger partial charge in [0.1, 0.15) is 35.4 Å². The van der Waals surface area contributed by atoms with E-state index >= 15 is 0 Å². The van der Waals surface area contributed by atoms with E-state index in [0.717, 1.165) is 6.07 Å². The molecule has 0 radical (unpaired) electrons. The molecule has 13 nitrogen and oxygen atoms in total. The lowest BCUT2D eigenvalue weighted by atomic mass is 9.99. The third-order valence-electron chi connectivity index (χ3n) is 5.61. The number of hydrogen-bond acceptors (Lipinski definition) is 13. The second kappa shape index (κ2) is 9.13. The first-order valence-corrected chi connectivity index (χ1v) is 10.2. The highest BCUT2D eigenvalue weighted by atomic mass is 16.7. The molecule has 13 heteroatoms. The van der Waals surface area contributed by atoms with Gasteiger partial charge in [0.2, 0.25) is 23.2 Å². The lowest BCUT2D eigenvalue weighted by Crippen LogP contribution is -2.60. The van der Waals surface area contributed by atoms with Crippen molar-refractivity contribution in [2.24, 2.45) is 0 Å².